The lowest BCUT2D eigenvalue weighted by Gasteiger charge is -2.08. The first-order chi connectivity index (χ1) is 12.7. The molecule has 4 nitrogen and oxygen atoms in total. The molecule has 0 saturated heterocycles. The van der Waals surface area contributed by atoms with Crippen LogP contribution < -0.4 is 10.6 Å². The van der Waals surface area contributed by atoms with Crippen LogP contribution in [0.2, 0.25) is 5.02 Å². The number of nitrogens with one attached hydrogen (secondary N) is 2. The van der Waals surface area contributed by atoms with Crippen molar-refractivity contribution >= 4 is 23.3 Å². The minimum Gasteiger partial charge on any atom is -0.370 e. The predicted octanol–water partition coefficient (Wildman–Crippen LogP) is 4.32. The summed E-state index contributed by atoms with van der Waals surface area (Å²) in [6.07, 6.45) is 2.50. The second-order valence-electron chi connectivity index (χ2n) is 5.87. The van der Waals surface area contributed by atoms with E-state index in [0.29, 0.717) is 17.1 Å². The second-order valence-corrected chi connectivity index (χ2v) is 6.28. The molecule has 1 aromatic heterocycles. The number of carbonyl (C=O) groups excluding carboxylic acids is 1. The molecule has 1 amide bonds. The van der Waals surface area contributed by atoms with E-state index in [9.17, 15) is 4.79 Å². The highest BCUT2D eigenvalue weighted by molar-refractivity contribution is 6.31. The minimum atomic E-state index is -0.173. The zero-order chi connectivity index (χ0) is 18.2. The summed E-state index contributed by atoms with van der Waals surface area (Å²) in [5, 5.41) is 6.76. The number of amides is 1. The number of aromatic nitrogens is 1. The first-order valence-electron chi connectivity index (χ1n) is 8.48. The lowest BCUT2D eigenvalue weighted by atomic mass is 10.1. The Balaban J connectivity index is 1.49. The number of nitrogens with zero attached hydrogens (tertiary/aromatic N) is 1. The van der Waals surface area contributed by atoms with Gasteiger partial charge in [-0.25, -0.2) is 4.98 Å². The van der Waals surface area contributed by atoms with Crippen LogP contribution in [0.4, 0.5) is 5.82 Å². The summed E-state index contributed by atoms with van der Waals surface area (Å²) in [5.41, 5.74) is 2.68. The van der Waals surface area contributed by atoms with E-state index in [1.165, 1.54) is 5.56 Å². The Labute approximate surface area is 158 Å². The van der Waals surface area contributed by atoms with Crippen molar-refractivity contribution in [1.29, 1.82) is 0 Å². The highest BCUT2D eigenvalue weighted by Crippen LogP contribution is 2.14. The van der Waals surface area contributed by atoms with Crippen LogP contribution in [0.1, 0.15) is 21.5 Å². The Kier molecular flexibility index (Phi) is 6.23. The van der Waals surface area contributed by atoms with Crippen molar-refractivity contribution in [3.63, 3.8) is 0 Å². The molecule has 5 heteroatoms. The van der Waals surface area contributed by atoms with Crippen LogP contribution in [0.5, 0.6) is 0 Å². The number of pyridine rings is 1. The van der Waals surface area contributed by atoms with Gasteiger partial charge in [-0.2, -0.15) is 0 Å². The van der Waals surface area contributed by atoms with E-state index in [1.807, 2.05) is 42.5 Å². The first kappa shape index (κ1) is 18.0. The molecule has 0 bridgehead atoms. The first-order valence-corrected chi connectivity index (χ1v) is 8.85. The van der Waals surface area contributed by atoms with Crippen LogP contribution in [0.25, 0.3) is 0 Å². The number of anilines is 1. The molecule has 3 aromatic rings. The number of carbonyl (C=O) groups is 1. The van der Waals surface area contributed by atoms with Gasteiger partial charge in [0, 0.05) is 24.3 Å². The predicted molar refractivity (Wildman–Crippen MR) is 105 cm³/mol. The minimum absolute atomic E-state index is 0.173. The van der Waals surface area contributed by atoms with Gasteiger partial charge >= 0.3 is 0 Å². The number of halogens is 1. The maximum Gasteiger partial charge on any atom is 0.253 e. The average Bonchev–Trinajstić information content (AvgIpc) is 2.68. The highest BCUT2D eigenvalue weighted by atomic mass is 35.5. The van der Waals surface area contributed by atoms with Crippen LogP contribution in [0.15, 0.2) is 72.9 Å². The Hall–Kier alpha value is -2.85. The van der Waals surface area contributed by atoms with E-state index in [2.05, 4.69) is 27.8 Å². The molecule has 0 fully saturated rings. The molecule has 0 aliphatic rings. The topological polar surface area (TPSA) is 54.0 Å². The van der Waals surface area contributed by atoms with Crippen molar-refractivity contribution < 1.29 is 4.79 Å². The van der Waals surface area contributed by atoms with E-state index >= 15 is 0 Å². The maximum absolute atomic E-state index is 12.2. The van der Waals surface area contributed by atoms with Crippen molar-refractivity contribution in [3.8, 4) is 0 Å². The van der Waals surface area contributed by atoms with E-state index in [0.717, 1.165) is 24.3 Å². The third kappa shape index (κ3) is 5.07. The molecule has 0 aliphatic heterocycles. The fourth-order valence-electron chi connectivity index (χ4n) is 2.53. The standard InChI is InChI=1S/C21H20ClN3O/c22-19-9-5-4-8-17(19)14-25-21(26)18-10-11-20(24-15-18)23-13-12-16-6-2-1-3-7-16/h1-11,15H,12-14H2,(H,23,24)(H,25,26). The average molecular weight is 366 g/mol. The molecule has 1 heterocycles. The summed E-state index contributed by atoms with van der Waals surface area (Å²) >= 11 is 6.10. The van der Waals surface area contributed by atoms with E-state index in [1.54, 1.807) is 18.3 Å². The molecule has 132 valence electrons. The van der Waals surface area contributed by atoms with E-state index < -0.39 is 0 Å². The molecule has 0 unspecified atom stereocenters. The van der Waals surface area contributed by atoms with Crippen LogP contribution in [0.3, 0.4) is 0 Å². The van der Waals surface area contributed by atoms with Crippen molar-refractivity contribution in [1.82, 2.24) is 10.3 Å². The molecular weight excluding hydrogens is 346 g/mol. The van der Waals surface area contributed by atoms with Gasteiger partial charge in [-0.3, -0.25) is 4.79 Å². The Bertz CT molecular complexity index is 851. The summed E-state index contributed by atoms with van der Waals surface area (Å²) in [6, 6.07) is 21.3. The SMILES string of the molecule is O=C(NCc1ccccc1Cl)c1ccc(NCCc2ccccc2)nc1. The molecule has 0 spiro atoms. The fourth-order valence-corrected chi connectivity index (χ4v) is 2.73. The van der Waals surface area contributed by atoms with Gasteiger partial charge < -0.3 is 10.6 Å². The number of rotatable bonds is 7. The van der Waals surface area contributed by atoms with Crippen molar-refractivity contribution in [3.05, 3.63) is 94.6 Å². The van der Waals surface area contributed by atoms with E-state index in [-0.39, 0.29) is 5.91 Å². The second kappa shape index (κ2) is 9.02. The number of benzene rings is 2. The lowest BCUT2D eigenvalue weighted by Crippen LogP contribution is -2.23. The summed E-state index contributed by atoms with van der Waals surface area (Å²) in [7, 11) is 0. The van der Waals surface area contributed by atoms with Crippen LogP contribution in [-0.2, 0) is 13.0 Å². The summed E-state index contributed by atoms with van der Waals surface area (Å²) < 4.78 is 0. The third-order valence-corrected chi connectivity index (χ3v) is 4.35. The Morgan fingerprint density at radius 2 is 1.73 bits per heavy atom. The molecule has 26 heavy (non-hydrogen) atoms. The van der Waals surface area contributed by atoms with Crippen LogP contribution in [-0.4, -0.2) is 17.4 Å². The third-order valence-electron chi connectivity index (χ3n) is 3.99. The van der Waals surface area contributed by atoms with Gasteiger partial charge in [-0.05, 0) is 35.7 Å². The normalized spacial score (nSPS) is 10.3. The summed E-state index contributed by atoms with van der Waals surface area (Å²) in [5.74, 6) is 0.580. The molecular formula is C21H20ClN3O. The van der Waals surface area contributed by atoms with Gasteiger partial charge in [0.2, 0.25) is 0 Å². The number of hydrogen-bond acceptors (Lipinski definition) is 3. The van der Waals surface area contributed by atoms with Gasteiger partial charge in [0.15, 0.2) is 0 Å². The van der Waals surface area contributed by atoms with Gasteiger partial charge in [0.05, 0.1) is 5.56 Å². The molecule has 0 aliphatic carbocycles. The smallest absolute Gasteiger partial charge is 0.253 e. The van der Waals surface area contributed by atoms with Gasteiger partial charge in [0.1, 0.15) is 5.82 Å². The number of hydrogen-bond donors (Lipinski definition) is 2. The molecule has 2 N–H and O–H groups in total. The fraction of sp³-hybridized carbons (Fsp3) is 0.143. The zero-order valence-corrected chi connectivity index (χ0v) is 15.0. The van der Waals surface area contributed by atoms with E-state index in [4.69, 9.17) is 11.6 Å². The largest absolute Gasteiger partial charge is 0.370 e. The van der Waals surface area contributed by atoms with Crippen molar-refractivity contribution in [2.75, 3.05) is 11.9 Å². The van der Waals surface area contributed by atoms with Crippen LogP contribution >= 0.6 is 11.6 Å². The molecule has 2 aromatic carbocycles. The van der Waals surface area contributed by atoms with Crippen molar-refractivity contribution in [2.45, 2.75) is 13.0 Å². The molecule has 3 rings (SSSR count). The maximum atomic E-state index is 12.2. The van der Waals surface area contributed by atoms with Crippen LogP contribution in [0, 0.1) is 0 Å². The summed E-state index contributed by atoms with van der Waals surface area (Å²) in [6.45, 7) is 1.17. The molecule has 0 saturated carbocycles. The van der Waals surface area contributed by atoms with Gasteiger partial charge in [0.25, 0.3) is 5.91 Å². The van der Waals surface area contributed by atoms with Gasteiger partial charge in [-0.1, -0.05) is 60.1 Å². The quantitative estimate of drug-likeness (QED) is 0.655. The van der Waals surface area contributed by atoms with Crippen molar-refractivity contribution in [2.24, 2.45) is 0 Å². The lowest BCUT2D eigenvalue weighted by molar-refractivity contribution is 0.0950. The Morgan fingerprint density at radius 1 is 0.962 bits per heavy atom. The molecule has 0 atom stereocenters. The highest BCUT2D eigenvalue weighted by Gasteiger charge is 2.07. The van der Waals surface area contributed by atoms with Gasteiger partial charge in [-0.15, -0.1) is 0 Å². The Morgan fingerprint density at radius 3 is 2.46 bits per heavy atom. The summed E-state index contributed by atoms with van der Waals surface area (Å²) in [4.78, 5) is 16.5. The monoisotopic (exact) mass is 365 g/mol. The molecule has 0 radical (unpaired) electrons. The zero-order valence-electron chi connectivity index (χ0n) is 14.3.